The number of nitrogens with one attached hydrogen (secondary N) is 1. The third kappa shape index (κ3) is 3.58. The molecular formula is C16H22N4O. The molecule has 0 aliphatic heterocycles. The molecule has 1 aromatic carbocycles. The number of ether oxygens (including phenoxy) is 1. The summed E-state index contributed by atoms with van der Waals surface area (Å²) in [5.41, 5.74) is 11.8. The molecule has 5 nitrogen and oxygen atoms in total. The summed E-state index contributed by atoms with van der Waals surface area (Å²) in [5.74, 6) is 6.24. The van der Waals surface area contributed by atoms with E-state index in [0.29, 0.717) is 12.4 Å². The average Bonchev–Trinajstić information content (AvgIpc) is 2.51. The summed E-state index contributed by atoms with van der Waals surface area (Å²) in [4.78, 5) is 4.21. The molecule has 0 aliphatic rings. The Morgan fingerprint density at radius 1 is 1.29 bits per heavy atom. The molecule has 0 saturated carbocycles. The number of nitrogens with two attached hydrogens (primary N) is 2. The third-order valence-corrected chi connectivity index (χ3v) is 3.38. The van der Waals surface area contributed by atoms with E-state index in [1.165, 1.54) is 0 Å². The van der Waals surface area contributed by atoms with Gasteiger partial charge < -0.3 is 10.5 Å². The van der Waals surface area contributed by atoms with E-state index >= 15 is 0 Å². The molecule has 0 spiro atoms. The van der Waals surface area contributed by atoms with Gasteiger partial charge in [0.15, 0.2) is 0 Å². The largest absolute Gasteiger partial charge is 0.383 e. The zero-order valence-electron chi connectivity index (χ0n) is 12.4. The first-order valence-corrected chi connectivity index (χ1v) is 7.02. The lowest BCUT2D eigenvalue weighted by atomic mass is 9.95. The van der Waals surface area contributed by atoms with E-state index in [4.69, 9.17) is 16.3 Å². The number of aryl methyl sites for hydroxylation is 1. The summed E-state index contributed by atoms with van der Waals surface area (Å²) in [7, 11) is 0. The van der Waals surface area contributed by atoms with Crippen LogP contribution in [0, 0.1) is 6.92 Å². The number of benzene rings is 1. The van der Waals surface area contributed by atoms with E-state index in [2.05, 4.69) is 10.4 Å². The monoisotopic (exact) mass is 286 g/mol. The minimum Gasteiger partial charge on any atom is -0.383 e. The quantitative estimate of drug-likeness (QED) is 0.560. The lowest BCUT2D eigenvalue weighted by Gasteiger charge is -2.28. The van der Waals surface area contributed by atoms with Crippen molar-refractivity contribution in [2.45, 2.75) is 26.0 Å². The van der Waals surface area contributed by atoms with Crippen molar-refractivity contribution in [3.63, 3.8) is 0 Å². The van der Waals surface area contributed by atoms with Gasteiger partial charge in [0.25, 0.3) is 0 Å². The summed E-state index contributed by atoms with van der Waals surface area (Å²) in [6.45, 7) is 4.51. The second kappa shape index (κ2) is 7.17. The number of anilines is 1. The van der Waals surface area contributed by atoms with Gasteiger partial charge in [0, 0.05) is 18.4 Å². The van der Waals surface area contributed by atoms with Gasteiger partial charge in [-0.25, -0.2) is 10.4 Å². The zero-order valence-corrected chi connectivity index (χ0v) is 12.4. The van der Waals surface area contributed by atoms with Crippen molar-refractivity contribution in [2.24, 2.45) is 5.84 Å². The van der Waals surface area contributed by atoms with E-state index in [1.54, 1.807) is 6.20 Å². The smallest absolute Gasteiger partial charge is 0.128 e. The molecule has 2 rings (SSSR count). The van der Waals surface area contributed by atoms with Crippen molar-refractivity contribution in [1.82, 2.24) is 10.4 Å². The van der Waals surface area contributed by atoms with Gasteiger partial charge in [-0.05, 0) is 31.0 Å². The average molecular weight is 286 g/mol. The molecule has 0 fully saturated rings. The molecule has 1 aromatic heterocycles. The molecule has 2 unspecified atom stereocenters. The molecule has 1 heterocycles. The number of hydrazine groups is 1. The highest BCUT2D eigenvalue weighted by Crippen LogP contribution is 2.33. The molecule has 0 bridgehead atoms. The second-order valence-electron chi connectivity index (χ2n) is 4.92. The Bertz CT molecular complexity index is 574. The Labute approximate surface area is 125 Å². The second-order valence-corrected chi connectivity index (χ2v) is 4.92. The fourth-order valence-corrected chi connectivity index (χ4v) is 2.40. The molecule has 0 amide bonds. The SMILES string of the molecule is CCOC(c1ccccc1)C(NN)c1cc(C)cnc1N. The first kappa shape index (κ1) is 15.4. The summed E-state index contributed by atoms with van der Waals surface area (Å²) >= 11 is 0. The number of nitrogen functional groups attached to an aromatic ring is 1. The minimum absolute atomic E-state index is 0.230. The van der Waals surface area contributed by atoms with Crippen LogP contribution < -0.4 is 17.0 Å². The van der Waals surface area contributed by atoms with Crippen LogP contribution >= 0.6 is 0 Å². The number of hydrogen-bond acceptors (Lipinski definition) is 5. The number of nitrogens with zero attached hydrogens (tertiary/aromatic N) is 1. The van der Waals surface area contributed by atoms with Crippen LogP contribution in [0.2, 0.25) is 0 Å². The summed E-state index contributed by atoms with van der Waals surface area (Å²) < 4.78 is 5.90. The molecule has 5 N–H and O–H groups in total. The van der Waals surface area contributed by atoms with Gasteiger partial charge in [0.2, 0.25) is 0 Å². The van der Waals surface area contributed by atoms with Crippen LogP contribution in [-0.2, 0) is 4.74 Å². The summed E-state index contributed by atoms with van der Waals surface area (Å²) in [5, 5.41) is 0. The van der Waals surface area contributed by atoms with Gasteiger partial charge in [-0.2, -0.15) is 0 Å². The lowest BCUT2D eigenvalue weighted by molar-refractivity contribution is 0.0328. The van der Waals surface area contributed by atoms with E-state index in [0.717, 1.165) is 16.7 Å². The molecule has 21 heavy (non-hydrogen) atoms. The molecule has 0 aliphatic carbocycles. The van der Waals surface area contributed by atoms with Crippen molar-refractivity contribution in [2.75, 3.05) is 12.3 Å². The number of aromatic nitrogens is 1. The maximum absolute atomic E-state index is 6.02. The van der Waals surface area contributed by atoms with Crippen LogP contribution in [0.4, 0.5) is 5.82 Å². The fraction of sp³-hybridized carbons (Fsp3) is 0.312. The number of rotatable bonds is 6. The highest BCUT2D eigenvalue weighted by molar-refractivity contribution is 5.44. The van der Waals surface area contributed by atoms with Gasteiger partial charge in [-0.3, -0.25) is 5.84 Å². The normalized spacial score (nSPS) is 13.9. The Balaban J connectivity index is 2.43. The van der Waals surface area contributed by atoms with Gasteiger partial charge >= 0.3 is 0 Å². The highest BCUT2D eigenvalue weighted by Gasteiger charge is 2.26. The van der Waals surface area contributed by atoms with Gasteiger partial charge in [0.1, 0.15) is 11.9 Å². The number of pyridine rings is 1. The predicted octanol–water partition coefficient (Wildman–Crippen LogP) is 2.25. The van der Waals surface area contributed by atoms with Crippen LogP contribution in [0.5, 0.6) is 0 Å². The molecule has 112 valence electrons. The summed E-state index contributed by atoms with van der Waals surface area (Å²) in [6, 6.07) is 11.7. The predicted molar refractivity (Wildman–Crippen MR) is 84.3 cm³/mol. The van der Waals surface area contributed by atoms with Crippen molar-refractivity contribution in [3.8, 4) is 0 Å². The van der Waals surface area contributed by atoms with Gasteiger partial charge in [0.05, 0.1) is 6.04 Å². The number of hydrogen-bond donors (Lipinski definition) is 3. The van der Waals surface area contributed by atoms with Crippen LogP contribution in [-0.4, -0.2) is 11.6 Å². The summed E-state index contributed by atoms with van der Waals surface area (Å²) in [6.07, 6.45) is 1.51. The van der Waals surface area contributed by atoms with Crippen LogP contribution in [0.1, 0.15) is 35.8 Å². The zero-order chi connectivity index (χ0) is 15.2. The topological polar surface area (TPSA) is 86.2 Å². The van der Waals surface area contributed by atoms with Gasteiger partial charge in [-0.1, -0.05) is 30.3 Å². The molecular weight excluding hydrogens is 264 g/mol. The molecule has 2 atom stereocenters. The highest BCUT2D eigenvalue weighted by atomic mass is 16.5. The van der Waals surface area contributed by atoms with Crippen LogP contribution in [0.25, 0.3) is 0 Å². The van der Waals surface area contributed by atoms with Gasteiger partial charge in [-0.15, -0.1) is 0 Å². The molecule has 0 saturated heterocycles. The molecule has 0 radical (unpaired) electrons. The van der Waals surface area contributed by atoms with E-state index in [-0.39, 0.29) is 12.1 Å². The van der Waals surface area contributed by atoms with Crippen molar-refractivity contribution in [3.05, 3.63) is 59.3 Å². The Hall–Kier alpha value is -1.95. The standard InChI is InChI=1S/C16H22N4O/c1-3-21-15(12-7-5-4-6-8-12)14(20-18)13-9-11(2)10-19-16(13)17/h4-10,14-15,20H,3,18H2,1-2H3,(H2,17,19). The first-order valence-electron chi connectivity index (χ1n) is 7.02. The maximum atomic E-state index is 6.02. The van der Waals surface area contributed by atoms with Crippen LogP contribution in [0.15, 0.2) is 42.6 Å². The van der Waals surface area contributed by atoms with Crippen molar-refractivity contribution in [1.29, 1.82) is 0 Å². The first-order chi connectivity index (χ1) is 10.2. The van der Waals surface area contributed by atoms with E-state index < -0.39 is 0 Å². The Morgan fingerprint density at radius 3 is 2.62 bits per heavy atom. The third-order valence-electron chi connectivity index (χ3n) is 3.38. The fourth-order valence-electron chi connectivity index (χ4n) is 2.40. The Kier molecular flexibility index (Phi) is 5.27. The maximum Gasteiger partial charge on any atom is 0.128 e. The van der Waals surface area contributed by atoms with Crippen LogP contribution in [0.3, 0.4) is 0 Å². The van der Waals surface area contributed by atoms with Crippen molar-refractivity contribution < 1.29 is 4.74 Å². The van der Waals surface area contributed by atoms with E-state index in [9.17, 15) is 0 Å². The molecule has 5 heteroatoms. The Morgan fingerprint density at radius 2 is 2.00 bits per heavy atom. The minimum atomic E-state index is -0.264. The molecule has 2 aromatic rings. The van der Waals surface area contributed by atoms with Crippen molar-refractivity contribution >= 4 is 5.82 Å². The van der Waals surface area contributed by atoms with E-state index in [1.807, 2.05) is 50.2 Å². The lowest BCUT2D eigenvalue weighted by Crippen LogP contribution is -2.34.